The first-order valence-electron chi connectivity index (χ1n) is 6.59. The second-order valence-electron chi connectivity index (χ2n) is 4.85. The van der Waals surface area contributed by atoms with Crippen molar-refractivity contribution >= 4 is 33.2 Å². The summed E-state index contributed by atoms with van der Waals surface area (Å²) < 4.78 is 6.38. The van der Waals surface area contributed by atoms with E-state index in [0.717, 1.165) is 0 Å². The average Bonchev–Trinajstić information content (AvgIpc) is 2.43. The van der Waals surface area contributed by atoms with E-state index >= 15 is 0 Å². The Balaban J connectivity index is 2.21. The molecule has 0 saturated carbocycles. The molecule has 3 N–H and O–H groups in total. The maximum Gasteiger partial charge on any atom is 0.255 e. The summed E-state index contributed by atoms with van der Waals surface area (Å²) in [7, 11) is 0. The van der Waals surface area contributed by atoms with Gasteiger partial charge >= 0.3 is 0 Å². The summed E-state index contributed by atoms with van der Waals surface area (Å²) >= 11 is 3.32. The molecular weight excluding hydrogens is 332 g/mol. The van der Waals surface area contributed by atoms with Crippen molar-refractivity contribution in [3.63, 3.8) is 0 Å². The third kappa shape index (κ3) is 3.98. The molecule has 1 amide bonds. The van der Waals surface area contributed by atoms with Crippen molar-refractivity contribution in [2.75, 3.05) is 11.1 Å². The number of carbonyl (C=O) groups is 1. The molecule has 0 saturated heterocycles. The number of halogens is 1. The van der Waals surface area contributed by atoms with Crippen molar-refractivity contribution < 1.29 is 9.53 Å². The Morgan fingerprint density at radius 1 is 1.24 bits per heavy atom. The van der Waals surface area contributed by atoms with Crippen molar-refractivity contribution in [3.05, 3.63) is 52.5 Å². The van der Waals surface area contributed by atoms with Crippen LogP contribution in [0.25, 0.3) is 0 Å². The number of rotatable bonds is 4. The fourth-order valence-corrected chi connectivity index (χ4v) is 2.17. The first-order chi connectivity index (χ1) is 9.97. The normalized spacial score (nSPS) is 10.5. The fraction of sp³-hybridized carbons (Fsp3) is 0.188. The predicted octanol–water partition coefficient (Wildman–Crippen LogP) is 4.07. The number of benzene rings is 2. The van der Waals surface area contributed by atoms with Gasteiger partial charge in [-0.15, -0.1) is 0 Å². The Labute approximate surface area is 132 Å². The Kier molecular flexibility index (Phi) is 4.85. The van der Waals surface area contributed by atoms with E-state index in [2.05, 4.69) is 21.2 Å². The van der Waals surface area contributed by atoms with Crippen molar-refractivity contribution in [2.24, 2.45) is 0 Å². The molecule has 0 aliphatic rings. The van der Waals surface area contributed by atoms with Crippen LogP contribution in [0.5, 0.6) is 5.75 Å². The first-order valence-corrected chi connectivity index (χ1v) is 7.38. The third-order valence-electron chi connectivity index (χ3n) is 2.76. The largest absolute Gasteiger partial charge is 0.489 e. The molecule has 21 heavy (non-hydrogen) atoms. The molecule has 0 radical (unpaired) electrons. The summed E-state index contributed by atoms with van der Waals surface area (Å²) in [4.78, 5) is 12.3. The number of anilines is 2. The van der Waals surface area contributed by atoms with Gasteiger partial charge in [-0.25, -0.2) is 0 Å². The molecule has 2 rings (SSSR count). The minimum Gasteiger partial charge on any atom is -0.489 e. The van der Waals surface area contributed by atoms with Gasteiger partial charge in [-0.2, -0.15) is 0 Å². The zero-order chi connectivity index (χ0) is 15.4. The van der Waals surface area contributed by atoms with Crippen LogP contribution < -0.4 is 15.8 Å². The molecule has 0 aliphatic carbocycles. The number of hydrogen-bond acceptors (Lipinski definition) is 3. The molecule has 110 valence electrons. The zero-order valence-corrected chi connectivity index (χ0v) is 13.5. The average molecular weight is 349 g/mol. The number of hydrogen-bond donors (Lipinski definition) is 2. The summed E-state index contributed by atoms with van der Waals surface area (Å²) in [5.41, 5.74) is 7.48. The molecule has 4 nitrogen and oxygen atoms in total. The summed E-state index contributed by atoms with van der Waals surface area (Å²) in [6.07, 6.45) is 0.0359. The summed E-state index contributed by atoms with van der Waals surface area (Å²) in [5, 5.41) is 2.85. The van der Waals surface area contributed by atoms with Gasteiger partial charge in [0, 0.05) is 15.7 Å². The second-order valence-corrected chi connectivity index (χ2v) is 5.71. The highest BCUT2D eigenvalue weighted by molar-refractivity contribution is 9.10. The van der Waals surface area contributed by atoms with Crippen molar-refractivity contribution in [1.29, 1.82) is 0 Å². The smallest absolute Gasteiger partial charge is 0.255 e. The van der Waals surface area contributed by atoms with Crippen molar-refractivity contribution in [1.82, 2.24) is 0 Å². The van der Waals surface area contributed by atoms with Crippen LogP contribution >= 0.6 is 15.9 Å². The quantitative estimate of drug-likeness (QED) is 0.818. The van der Waals surface area contributed by atoms with E-state index in [4.69, 9.17) is 10.5 Å². The Morgan fingerprint density at radius 2 is 1.95 bits per heavy atom. The lowest BCUT2D eigenvalue weighted by atomic mass is 10.2. The maximum atomic E-state index is 12.3. The molecule has 2 aromatic rings. The lowest BCUT2D eigenvalue weighted by molar-refractivity contribution is 0.102. The molecule has 0 fully saturated rings. The molecule has 0 atom stereocenters. The van der Waals surface area contributed by atoms with Gasteiger partial charge in [-0.3, -0.25) is 4.79 Å². The number of nitrogen functional groups attached to an aromatic ring is 1. The van der Waals surface area contributed by atoms with Gasteiger partial charge in [0.15, 0.2) is 0 Å². The van der Waals surface area contributed by atoms with E-state index in [1.807, 2.05) is 38.1 Å². The molecule has 0 unspecified atom stereocenters. The number of ether oxygens (including phenoxy) is 1. The number of nitrogens with two attached hydrogens (primary N) is 1. The second kappa shape index (κ2) is 6.63. The van der Waals surface area contributed by atoms with E-state index in [1.54, 1.807) is 18.2 Å². The van der Waals surface area contributed by atoms with Crippen LogP contribution in [0.4, 0.5) is 11.4 Å². The summed E-state index contributed by atoms with van der Waals surface area (Å²) in [5.74, 6) is 0.436. The van der Waals surface area contributed by atoms with Crippen molar-refractivity contribution in [2.45, 2.75) is 20.0 Å². The molecule has 0 spiro atoms. The third-order valence-corrected chi connectivity index (χ3v) is 3.45. The van der Waals surface area contributed by atoms with Gasteiger partial charge in [0.2, 0.25) is 0 Å². The highest BCUT2D eigenvalue weighted by atomic mass is 79.9. The van der Waals surface area contributed by atoms with E-state index in [0.29, 0.717) is 27.2 Å². The van der Waals surface area contributed by atoms with E-state index in [1.165, 1.54) is 0 Å². The van der Waals surface area contributed by atoms with Gasteiger partial charge < -0.3 is 15.8 Å². The first kappa shape index (κ1) is 15.4. The molecule has 0 aromatic heterocycles. The van der Waals surface area contributed by atoms with Crippen LogP contribution in [0.2, 0.25) is 0 Å². The fourth-order valence-electron chi connectivity index (χ4n) is 1.79. The molecule has 0 heterocycles. The van der Waals surface area contributed by atoms with E-state index < -0.39 is 0 Å². The van der Waals surface area contributed by atoms with E-state index in [-0.39, 0.29) is 12.0 Å². The van der Waals surface area contributed by atoms with Crippen LogP contribution in [0, 0.1) is 0 Å². The van der Waals surface area contributed by atoms with Crippen LogP contribution in [-0.4, -0.2) is 12.0 Å². The van der Waals surface area contributed by atoms with Gasteiger partial charge in [-0.05, 0) is 60.1 Å². The Hall–Kier alpha value is -2.01. The standard InChI is InChI=1S/C16H17BrN2O2/c1-10(2)21-15-6-4-3-5-14(15)19-16(20)11-7-8-13(18)12(17)9-11/h3-10H,18H2,1-2H3,(H,19,20). The van der Waals surface area contributed by atoms with Gasteiger partial charge in [-0.1, -0.05) is 12.1 Å². The SMILES string of the molecule is CC(C)Oc1ccccc1NC(=O)c1ccc(N)c(Br)c1. The van der Waals surface area contributed by atoms with E-state index in [9.17, 15) is 4.79 Å². The number of nitrogens with one attached hydrogen (secondary N) is 1. The molecule has 0 aliphatic heterocycles. The predicted molar refractivity (Wildman–Crippen MR) is 88.7 cm³/mol. The Bertz CT molecular complexity index is 656. The topological polar surface area (TPSA) is 64.3 Å². The van der Waals surface area contributed by atoms with Gasteiger partial charge in [0.25, 0.3) is 5.91 Å². The lowest BCUT2D eigenvalue weighted by Crippen LogP contribution is -2.14. The van der Waals surface area contributed by atoms with Crippen LogP contribution in [0.3, 0.4) is 0 Å². The van der Waals surface area contributed by atoms with Crippen LogP contribution in [-0.2, 0) is 0 Å². The number of carbonyl (C=O) groups excluding carboxylic acids is 1. The summed E-state index contributed by atoms with van der Waals surface area (Å²) in [6, 6.07) is 12.4. The highest BCUT2D eigenvalue weighted by Crippen LogP contribution is 2.26. The molecule has 5 heteroatoms. The van der Waals surface area contributed by atoms with Gasteiger partial charge in [0.1, 0.15) is 5.75 Å². The monoisotopic (exact) mass is 348 g/mol. The lowest BCUT2D eigenvalue weighted by Gasteiger charge is -2.15. The van der Waals surface area contributed by atoms with Crippen LogP contribution in [0.1, 0.15) is 24.2 Å². The van der Waals surface area contributed by atoms with Crippen LogP contribution in [0.15, 0.2) is 46.9 Å². The minimum atomic E-state index is -0.212. The van der Waals surface area contributed by atoms with Gasteiger partial charge in [0.05, 0.1) is 11.8 Å². The molecular formula is C16H17BrN2O2. The molecule has 2 aromatic carbocycles. The Morgan fingerprint density at radius 3 is 2.62 bits per heavy atom. The number of para-hydroxylation sites is 2. The zero-order valence-electron chi connectivity index (χ0n) is 11.9. The highest BCUT2D eigenvalue weighted by Gasteiger charge is 2.11. The minimum absolute atomic E-state index is 0.0359. The number of amides is 1. The summed E-state index contributed by atoms with van der Waals surface area (Å²) in [6.45, 7) is 3.88. The van der Waals surface area contributed by atoms with Crippen molar-refractivity contribution in [3.8, 4) is 5.75 Å². The maximum absolute atomic E-state index is 12.3. The molecule has 0 bridgehead atoms.